The van der Waals surface area contributed by atoms with Gasteiger partial charge in [-0.1, -0.05) is 24.3 Å². The van der Waals surface area contributed by atoms with Gasteiger partial charge < -0.3 is 24.4 Å². The van der Waals surface area contributed by atoms with E-state index in [2.05, 4.69) is 10.0 Å². The summed E-state index contributed by atoms with van der Waals surface area (Å²) in [6, 6.07) is 15.9. The third kappa shape index (κ3) is 6.81. The molecule has 40 heavy (non-hydrogen) atoms. The maximum atomic E-state index is 13.0. The summed E-state index contributed by atoms with van der Waals surface area (Å²) >= 11 is 1.08. The average molecular weight is 586 g/mol. The Hall–Kier alpha value is -3.45. The number of thiophene rings is 1. The number of aryl methyl sites for hydroxylation is 1. The van der Waals surface area contributed by atoms with E-state index in [1.54, 1.807) is 23.5 Å². The number of nitrogens with one attached hydrogen (secondary N) is 2. The van der Waals surface area contributed by atoms with Crippen LogP contribution in [0.4, 0.5) is 0 Å². The molecule has 5 rings (SSSR count). The molecule has 4 bridgehead atoms. The molecule has 1 aromatic heterocycles. The van der Waals surface area contributed by atoms with E-state index in [0.29, 0.717) is 43.2 Å². The predicted molar refractivity (Wildman–Crippen MR) is 149 cm³/mol. The van der Waals surface area contributed by atoms with Gasteiger partial charge >= 0.3 is 0 Å². The first kappa shape index (κ1) is 28.1. The number of nitrogens with zero attached hydrogens (tertiary/aromatic N) is 1. The number of methoxy groups -OCH3 is 1. The Balaban J connectivity index is 1.31. The van der Waals surface area contributed by atoms with Crippen LogP contribution in [0.1, 0.15) is 24.0 Å². The minimum absolute atomic E-state index is 0.153. The molecule has 1 fully saturated rings. The number of sulfonamides is 1. The number of hydrogen-bond acceptors (Lipinski definition) is 8. The zero-order chi connectivity index (χ0) is 28.1. The summed E-state index contributed by atoms with van der Waals surface area (Å²) in [4.78, 5) is 27.5. The molecule has 10 nitrogen and oxygen atoms in total. The van der Waals surface area contributed by atoms with Gasteiger partial charge in [0.25, 0.3) is 10.0 Å². The lowest BCUT2D eigenvalue weighted by Gasteiger charge is -2.39. The number of piperidine rings is 1. The Morgan fingerprint density at radius 1 is 1.15 bits per heavy atom. The molecule has 2 aliphatic rings. The van der Waals surface area contributed by atoms with E-state index >= 15 is 0 Å². The van der Waals surface area contributed by atoms with Crippen LogP contribution in [0.25, 0.3) is 0 Å². The number of carbonyl (C=O) groups excluding carboxylic acids is 2. The number of hydrogen-bond donors (Lipinski definition) is 2. The maximum Gasteiger partial charge on any atom is 0.250 e. The Kier molecular flexibility index (Phi) is 8.69. The molecule has 3 aromatic rings. The minimum Gasteiger partial charge on any atom is -0.493 e. The van der Waals surface area contributed by atoms with Crippen LogP contribution in [0.5, 0.6) is 17.2 Å². The fraction of sp³-hybridized carbons (Fsp3) is 0.357. The van der Waals surface area contributed by atoms with Gasteiger partial charge in [0.2, 0.25) is 11.8 Å². The molecule has 0 saturated carbocycles. The molecule has 0 radical (unpaired) electrons. The summed E-state index contributed by atoms with van der Waals surface area (Å²) in [5.74, 6) is 1.26. The molecule has 0 unspecified atom stereocenters. The first-order valence-electron chi connectivity index (χ1n) is 13.0. The lowest BCUT2D eigenvalue weighted by atomic mass is 10.0. The predicted octanol–water partition coefficient (Wildman–Crippen LogP) is 3.08. The van der Waals surface area contributed by atoms with Crippen LogP contribution >= 0.6 is 11.3 Å². The van der Waals surface area contributed by atoms with Crippen molar-refractivity contribution in [3.05, 3.63) is 71.1 Å². The van der Waals surface area contributed by atoms with Crippen LogP contribution < -0.4 is 19.5 Å². The molecule has 2 aliphatic heterocycles. The van der Waals surface area contributed by atoms with Gasteiger partial charge in [0.05, 0.1) is 32.4 Å². The van der Waals surface area contributed by atoms with Crippen LogP contribution in [0.3, 0.4) is 0 Å². The third-order valence-electron chi connectivity index (χ3n) is 6.88. The van der Waals surface area contributed by atoms with Gasteiger partial charge in [0.1, 0.15) is 9.96 Å². The molecule has 1 saturated heterocycles. The quantitative estimate of drug-likeness (QED) is 0.472. The van der Waals surface area contributed by atoms with Crippen molar-refractivity contribution in [2.24, 2.45) is 0 Å². The van der Waals surface area contributed by atoms with Crippen molar-refractivity contribution in [3.8, 4) is 17.2 Å². The number of likely N-dealkylation sites (tertiary alicyclic amines) is 1. The number of rotatable bonds is 5. The van der Waals surface area contributed by atoms with Crippen molar-refractivity contribution in [1.82, 2.24) is 14.9 Å². The maximum absolute atomic E-state index is 13.0. The van der Waals surface area contributed by atoms with Gasteiger partial charge in [-0.2, -0.15) is 0 Å². The topological polar surface area (TPSA) is 123 Å². The second-order valence-electron chi connectivity index (χ2n) is 9.64. The number of benzene rings is 2. The Morgan fingerprint density at radius 2 is 2.02 bits per heavy atom. The summed E-state index contributed by atoms with van der Waals surface area (Å²) < 4.78 is 45.3. The van der Waals surface area contributed by atoms with Crippen molar-refractivity contribution >= 4 is 33.2 Å². The van der Waals surface area contributed by atoms with E-state index in [-0.39, 0.29) is 41.6 Å². The lowest BCUT2D eigenvalue weighted by Crippen LogP contribution is -2.58. The molecule has 0 aliphatic carbocycles. The van der Waals surface area contributed by atoms with Gasteiger partial charge in [0.15, 0.2) is 11.5 Å². The van der Waals surface area contributed by atoms with E-state index in [9.17, 15) is 18.0 Å². The van der Waals surface area contributed by atoms with Crippen LogP contribution in [-0.2, 0) is 37.4 Å². The Labute approximate surface area is 237 Å². The smallest absolute Gasteiger partial charge is 0.250 e. The van der Waals surface area contributed by atoms with Crippen LogP contribution in [0, 0.1) is 0 Å². The number of amides is 2. The molecule has 2 amide bonds. The van der Waals surface area contributed by atoms with Crippen LogP contribution in [0.15, 0.2) is 64.2 Å². The molecule has 2 atom stereocenters. The number of fused-ring (bicyclic) bond motifs is 5. The average Bonchev–Trinajstić information content (AvgIpc) is 3.51. The summed E-state index contributed by atoms with van der Waals surface area (Å²) in [5.41, 5.74) is 1.82. The van der Waals surface area contributed by atoms with Crippen LogP contribution in [-0.4, -0.2) is 64.0 Å². The van der Waals surface area contributed by atoms with Crippen molar-refractivity contribution in [3.63, 3.8) is 0 Å². The highest BCUT2D eigenvalue weighted by Crippen LogP contribution is 2.33. The second kappa shape index (κ2) is 12.4. The minimum atomic E-state index is -3.76. The van der Waals surface area contributed by atoms with E-state index < -0.39 is 16.1 Å². The first-order chi connectivity index (χ1) is 19.3. The molecule has 0 spiro atoms. The van der Waals surface area contributed by atoms with Crippen molar-refractivity contribution in [1.29, 1.82) is 0 Å². The molecule has 2 aromatic carbocycles. The SMILES string of the molecule is COc1ccc2cc1Oc1cccc(c1)CO[C@@H]1CCN(C(=O)CNS(=O)(=O)c3cccs3)C[C@@H]1NC(=O)CC2. The highest BCUT2D eigenvalue weighted by atomic mass is 32.2. The molecular formula is C28H31N3O7S2. The van der Waals surface area contributed by atoms with E-state index in [1.165, 1.54) is 6.07 Å². The molecule has 212 valence electrons. The summed E-state index contributed by atoms with van der Waals surface area (Å²) in [7, 11) is -2.18. The third-order valence-corrected chi connectivity index (χ3v) is 9.68. The highest BCUT2D eigenvalue weighted by Gasteiger charge is 2.33. The summed E-state index contributed by atoms with van der Waals surface area (Å²) in [5, 5.41) is 4.72. The van der Waals surface area contributed by atoms with Gasteiger partial charge in [-0.25, -0.2) is 13.1 Å². The zero-order valence-corrected chi connectivity index (χ0v) is 23.6. The monoisotopic (exact) mass is 585 g/mol. The normalized spacial score (nSPS) is 19.8. The summed E-state index contributed by atoms with van der Waals surface area (Å²) in [6.45, 7) is 0.524. The standard InChI is InChI=1S/C28H31N3O7S2/c1-36-24-9-7-19-8-10-26(32)30-22-17-31(27(33)16-29-40(34,35)28-6-3-13-39-28)12-11-23(22)37-18-20-4-2-5-21(14-20)38-25(24)15-19/h2-7,9,13-15,22-23,29H,8,10-12,16-18H2,1H3,(H,30,32)/t22-,23+/m0/s1. The molecule has 3 heterocycles. The van der Waals surface area contributed by atoms with Crippen molar-refractivity contribution < 1.29 is 32.2 Å². The van der Waals surface area contributed by atoms with Gasteiger partial charge in [-0.3, -0.25) is 9.59 Å². The van der Waals surface area contributed by atoms with Crippen molar-refractivity contribution in [2.45, 2.75) is 42.2 Å². The van der Waals surface area contributed by atoms with E-state index in [4.69, 9.17) is 14.2 Å². The zero-order valence-electron chi connectivity index (χ0n) is 22.0. The highest BCUT2D eigenvalue weighted by molar-refractivity contribution is 7.91. The van der Waals surface area contributed by atoms with Crippen LogP contribution in [0.2, 0.25) is 0 Å². The van der Waals surface area contributed by atoms with Gasteiger partial charge in [-0.15, -0.1) is 11.3 Å². The molecule has 12 heteroatoms. The second-order valence-corrected chi connectivity index (χ2v) is 12.6. The molecular weight excluding hydrogens is 554 g/mol. The Bertz CT molecular complexity index is 1460. The fourth-order valence-corrected chi connectivity index (χ4v) is 6.79. The van der Waals surface area contributed by atoms with Crippen molar-refractivity contribution in [2.75, 3.05) is 26.7 Å². The Morgan fingerprint density at radius 3 is 2.83 bits per heavy atom. The van der Waals surface area contributed by atoms with Gasteiger partial charge in [-0.05, 0) is 59.7 Å². The van der Waals surface area contributed by atoms with Gasteiger partial charge in [0, 0.05) is 19.5 Å². The summed E-state index contributed by atoms with van der Waals surface area (Å²) in [6.07, 6.45) is 0.879. The largest absolute Gasteiger partial charge is 0.493 e. The lowest BCUT2D eigenvalue weighted by molar-refractivity contribution is -0.136. The molecule has 2 N–H and O–H groups in total. The number of carbonyl (C=O) groups is 2. The van der Waals surface area contributed by atoms with E-state index in [0.717, 1.165) is 22.5 Å². The first-order valence-corrected chi connectivity index (χ1v) is 15.3. The fourth-order valence-electron chi connectivity index (χ4n) is 4.77. The number of ether oxygens (including phenoxy) is 3. The van der Waals surface area contributed by atoms with E-state index in [1.807, 2.05) is 42.5 Å².